The number of amides is 1. The maximum absolute atomic E-state index is 12.6. The van der Waals surface area contributed by atoms with Crippen LogP contribution in [-0.4, -0.2) is 27.1 Å². The van der Waals surface area contributed by atoms with Gasteiger partial charge in [-0.1, -0.05) is 24.3 Å². The zero-order valence-corrected chi connectivity index (χ0v) is 22.0. The topological polar surface area (TPSA) is 66.5 Å². The molecule has 0 unspecified atom stereocenters. The first kappa shape index (κ1) is 24.4. The molecule has 6 heteroatoms. The molecule has 0 spiro atoms. The van der Waals surface area contributed by atoms with Crippen LogP contribution in [0.2, 0.25) is 0 Å². The lowest BCUT2D eigenvalue weighted by Gasteiger charge is -2.57. The van der Waals surface area contributed by atoms with Gasteiger partial charge >= 0.3 is 0 Å². The molecule has 0 atom stereocenters. The van der Waals surface area contributed by atoms with E-state index in [2.05, 4.69) is 17.4 Å². The Morgan fingerprint density at radius 2 is 1.57 bits per heavy atom. The predicted molar refractivity (Wildman–Crippen MR) is 142 cm³/mol. The lowest BCUT2D eigenvalue weighted by Crippen LogP contribution is -2.48. The van der Waals surface area contributed by atoms with E-state index in [4.69, 9.17) is 0 Å². The van der Waals surface area contributed by atoms with E-state index in [1.54, 1.807) is 0 Å². The average Bonchev–Trinajstić information content (AvgIpc) is 2.77. The Balaban J connectivity index is 1.18. The number of rotatable bonds is 8. The first-order chi connectivity index (χ1) is 16.6. The summed E-state index contributed by atoms with van der Waals surface area (Å²) in [7, 11) is -3.44. The van der Waals surface area contributed by atoms with Crippen molar-refractivity contribution in [3.63, 3.8) is 0 Å². The van der Waals surface area contributed by atoms with E-state index < -0.39 is 10.0 Å². The van der Waals surface area contributed by atoms with Crippen molar-refractivity contribution in [3.8, 4) is 0 Å². The van der Waals surface area contributed by atoms with Crippen molar-refractivity contribution in [3.05, 3.63) is 59.2 Å². The third-order valence-electron chi connectivity index (χ3n) is 8.62. The molecule has 4 fully saturated rings. The molecule has 4 saturated carbocycles. The molecule has 4 aliphatic rings. The van der Waals surface area contributed by atoms with Gasteiger partial charge in [-0.3, -0.25) is 9.10 Å². The van der Waals surface area contributed by atoms with Crippen LogP contribution in [0, 0.1) is 31.6 Å². The van der Waals surface area contributed by atoms with Crippen molar-refractivity contribution >= 4 is 27.3 Å². The Labute approximate surface area is 210 Å². The van der Waals surface area contributed by atoms with Crippen LogP contribution in [0.25, 0.3) is 0 Å². The summed E-state index contributed by atoms with van der Waals surface area (Å²) in [6.07, 6.45) is 10.3. The first-order valence-electron chi connectivity index (χ1n) is 13.1. The number of anilines is 2. The van der Waals surface area contributed by atoms with Crippen LogP contribution in [0.5, 0.6) is 0 Å². The second-order valence-electron chi connectivity index (χ2n) is 11.6. The van der Waals surface area contributed by atoms with E-state index in [1.807, 2.05) is 44.2 Å². The van der Waals surface area contributed by atoms with E-state index in [9.17, 15) is 13.2 Å². The number of nitrogens with zero attached hydrogens (tertiary/aromatic N) is 1. The number of carbonyl (C=O) groups excluding carboxylic acids is 1. The van der Waals surface area contributed by atoms with Gasteiger partial charge in [0.15, 0.2) is 0 Å². The fraction of sp³-hybridized carbons (Fsp3) is 0.552. The highest BCUT2D eigenvalue weighted by atomic mass is 32.2. The molecule has 4 bridgehead atoms. The standard InChI is InChI=1S/C29H38N2O3S/c1-20-6-7-21(2)27(13-20)31(35(3,33)34)12-4-5-28(32)30-26-10-8-25(9-11-26)29-17-22-14-23(18-29)16-24(15-22)19-29/h6-11,13,22-24H,4-5,12,14-19H2,1-3H3,(H,30,32). The highest BCUT2D eigenvalue weighted by Gasteiger charge is 2.51. The lowest BCUT2D eigenvalue weighted by molar-refractivity contribution is -0.116. The smallest absolute Gasteiger partial charge is 0.232 e. The molecular formula is C29H38N2O3S. The Hall–Kier alpha value is -2.34. The van der Waals surface area contributed by atoms with E-state index in [0.717, 1.165) is 34.6 Å². The Kier molecular flexibility index (Phi) is 6.45. The van der Waals surface area contributed by atoms with E-state index in [-0.39, 0.29) is 18.9 Å². The van der Waals surface area contributed by atoms with Crippen LogP contribution in [-0.2, 0) is 20.2 Å². The minimum atomic E-state index is -3.44. The molecule has 2 aromatic rings. The van der Waals surface area contributed by atoms with Gasteiger partial charge in [0.05, 0.1) is 11.9 Å². The van der Waals surface area contributed by atoms with Gasteiger partial charge in [-0.2, -0.15) is 0 Å². The monoisotopic (exact) mass is 494 g/mol. The molecule has 4 aliphatic carbocycles. The number of benzene rings is 2. The van der Waals surface area contributed by atoms with Crippen molar-refractivity contribution in [2.45, 2.75) is 70.6 Å². The summed E-state index contributed by atoms with van der Waals surface area (Å²) in [6.45, 7) is 4.14. The maximum atomic E-state index is 12.6. The third kappa shape index (κ3) is 5.13. The van der Waals surface area contributed by atoms with E-state index in [1.165, 1.54) is 54.6 Å². The number of nitrogens with one attached hydrogen (secondary N) is 1. The van der Waals surface area contributed by atoms with Gasteiger partial charge in [-0.25, -0.2) is 8.42 Å². The zero-order valence-electron chi connectivity index (χ0n) is 21.2. The van der Waals surface area contributed by atoms with Gasteiger partial charge in [0.1, 0.15) is 0 Å². The van der Waals surface area contributed by atoms with Gasteiger partial charge in [0, 0.05) is 18.7 Å². The van der Waals surface area contributed by atoms with Gasteiger partial charge in [0.2, 0.25) is 15.9 Å². The molecule has 0 aliphatic heterocycles. The SMILES string of the molecule is Cc1ccc(C)c(N(CCCC(=O)Nc2ccc(C34CC5CC(CC(C5)C3)C4)cc2)S(C)(=O)=O)c1. The second kappa shape index (κ2) is 9.27. The Bertz CT molecular complexity index is 1170. The van der Waals surface area contributed by atoms with Crippen LogP contribution in [0.1, 0.15) is 68.1 Å². The average molecular weight is 495 g/mol. The second-order valence-corrected chi connectivity index (χ2v) is 13.5. The quantitative estimate of drug-likeness (QED) is 0.493. The van der Waals surface area contributed by atoms with Gasteiger partial charge in [0.25, 0.3) is 0 Å². The van der Waals surface area contributed by atoms with Crippen molar-refractivity contribution in [2.24, 2.45) is 17.8 Å². The number of sulfonamides is 1. The summed E-state index contributed by atoms with van der Waals surface area (Å²) in [6, 6.07) is 14.4. The summed E-state index contributed by atoms with van der Waals surface area (Å²) in [5, 5.41) is 3.01. The highest BCUT2D eigenvalue weighted by Crippen LogP contribution is 2.60. The molecule has 188 valence electrons. The van der Waals surface area contributed by atoms with Crippen molar-refractivity contribution in [1.29, 1.82) is 0 Å². The highest BCUT2D eigenvalue weighted by molar-refractivity contribution is 7.92. The molecule has 35 heavy (non-hydrogen) atoms. The summed E-state index contributed by atoms with van der Waals surface area (Å²) in [5.74, 6) is 2.66. The minimum Gasteiger partial charge on any atom is -0.326 e. The van der Waals surface area contributed by atoms with Crippen LogP contribution in [0.15, 0.2) is 42.5 Å². The molecule has 0 radical (unpaired) electrons. The molecule has 1 amide bonds. The van der Waals surface area contributed by atoms with Crippen LogP contribution in [0.4, 0.5) is 11.4 Å². The fourth-order valence-electron chi connectivity index (χ4n) is 7.43. The normalized spacial score (nSPS) is 27.1. The lowest BCUT2D eigenvalue weighted by atomic mass is 9.48. The minimum absolute atomic E-state index is 0.0815. The molecule has 0 saturated heterocycles. The van der Waals surface area contributed by atoms with Crippen LogP contribution < -0.4 is 9.62 Å². The predicted octanol–water partition coefficient (Wildman–Crippen LogP) is 5.96. The molecule has 5 nitrogen and oxygen atoms in total. The number of aryl methyl sites for hydroxylation is 2. The zero-order chi connectivity index (χ0) is 24.8. The van der Waals surface area contributed by atoms with Gasteiger partial charge in [-0.15, -0.1) is 0 Å². The number of hydrogen-bond acceptors (Lipinski definition) is 3. The van der Waals surface area contributed by atoms with Crippen molar-refractivity contribution < 1.29 is 13.2 Å². The summed E-state index contributed by atoms with van der Waals surface area (Å²) >= 11 is 0. The molecule has 1 N–H and O–H groups in total. The summed E-state index contributed by atoms with van der Waals surface area (Å²) < 4.78 is 26.3. The number of carbonyl (C=O) groups is 1. The molecule has 6 rings (SSSR count). The molecular weight excluding hydrogens is 456 g/mol. The first-order valence-corrected chi connectivity index (χ1v) is 14.9. The Morgan fingerprint density at radius 3 is 2.14 bits per heavy atom. The van der Waals surface area contributed by atoms with Crippen LogP contribution >= 0.6 is 0 Å². The van der Waals surface area contributed by atoms with Crippen molar-refractivity contribution in [1.82, 2.24) is 0 Å². The summed E-state index contributed by atoms with van der Waals surface area (Å²) in [5.41, 5.74) is 5.23. The maximum Gasteiger partial charge on any atom is 0.232 e. The van der Waals surface area contributed by atoms with Crippen LogP contribution in [0.3, 0.4) is 0 Å². The van der Waals surface area contributed by atoms with Gasteiger partial charge < -0.3 is 5.32 Å². The summed E-state index contributed by atoms with van der Waals surface area (Å²) in [4.78, 5) is 12.6. The molecule has 2 aromatic carbocycles. The third-order valence-corrected chi connectivity index (χ3v) is 9.80. The molecule has 0 heterocycles. The van der Waals surface area contributed by atoms with Crippen molar-refractivity contribution in [2.75, 3.05) is 22.4 Å². The van der Waals surface area contributed by atoms with E-state index in [0.29, 0.717) is 17.5 Å². The van der Waals surface area contributed by atoms with E-state index >= 15 is 0 Å². The fourth-order valence-corrected chi connectivity index (χ4v) is 8.45. The Morgan fingerprint density at radius 1 is 0.971 bits per heavy atom. The number of hydrogen-bond donors (Lipinski definition) is 1. The largest absolute Gasteiger partial charge is 0.326 e. The molecule has 0 aromatic heterocycles. The van der Waals surface area contributed by atoms with Gasteiger partial charge in [-0.05, 0) is 117 Å².